The van der Waals surface area contributed by atoms with Gasteiger partial charge in [-0.2, -0.15) is 0 Å². The molecule has 2 aromatic heterocycles. The fourth-order valence-corrected chi connectivity index (χ4v) is 3.88. The molecular weight excluding hydrogens is 366 g/mol. The molecule has 0 spiro atoms. The standard InChI is InChI=1S/C23H21N3O3/c27-22-13-29-8-7-20(22)24-12-14-5-6-19-16(9-14)11-21(25-19)17-10-15-3-1-2-4-18(15)26-23(17)28/h1-6,9-11,20,24-25H,7-8,12-13H2,(H,26,28). The normalized spacial score (nSPS) is 17.2. The summed E-state index contributed by atoms with van der Waals surface area (Å²) in [5, 5.41) is 5.35. The number of aromatic nitrogens is 2. The molecule has 1 aliphatic heterocycles. The van der Waals surface area contributed by atoms with Gasteiger partial charge in [-0.15, -0.1) is 0 Å². The Morgan fingerprint density at radius 2 is 1.83 bits per heavy atom. The van der Waals surface area contributed by atoms with Gasteiger partial charge in [0.15, 0.2) is 5.78 Å². The predicted octanol–water partition coefficient (Wildman–Crippen LogP) is 3.12. The van der Waals surface area contributed by atoms with Crippen molar-refractivity contribution < 1.29 is 9.53 Å². The lowest BCUT2D eigenvalue weighted by molar-refractivity contribution is -0.129. The lowest BCUT2D eigenvalue weighted by Crippen LogP contribution is -2.42. The van der Waals surface area contributed by atoms with Crippen LogP contribution in [0.1, 0.15) is 12.0 Å². The Morgan fingerprint density at radius 1 is 0.966 bits per heavy atom. The van der Waals surface area contributed by atoms with Crippen molar-refractivity contribution in [2.45, 2.75) is 19.0 Å². The minimum Gasteiger partial charge on any atom is -0.374 e. The fourth-order valence-electron chi connectivity index (χ4n) is 3.88. The monoisotopic (exact) mass is 387 g/mol. The fraction of sp³-hybridized carbons (Fsp3) is 0.217. The van der Waals surface area contributed by atoms with Crippen molar-refractivity contribution in [3.05, 3.63) is 70.5 Å². The van der Waals surface area contributed by atoms with Crippen LogP contribution in [0.2, 0.25) is 0 Å². The van der Waals surface area contributed by atoms with Crippen LogP contribution >= 0.6 is 0 Å². The highest BCUT2D eigenvalue weighted by Crippen LogP contribution is 2.25. The molecule has 1 saturated heterocycles. The Hall–Kier alpha value is -3.22. The average molecular weight is 387 g/mol. The number of aromatic amines is 2. The summed E-state index contributed by atoms with van der Waals surface area (Å²) in [5.41, 5.74) is 4.18. The van der Waals surface area contributed by atoms with Crippen molar-refractivity contribution in [1.29, 1.82) is 0 Å². The molecular formula is C23H21N3O3. The molecule has 0 aliphatic carbocycles. The smallest absolute Gasteiger partial charge is 0.257 e. The first kappa shape index (κ1) is 17.8. The van der Waals surface area contributed by atoms with Gasteiger partial charge < -0.3 is 20.0 Å². The van der Waals surface area contributed by atoms with Gasteiger partial charge in [-0.25, -0.2) is 0 Å². The molecule has 0 radical (unpaired) electrons. The number of carbonyl (C=O) groups is 1. The number of para-hydroxylation sites is 1. The van der Waals surface area contributed by atoms with E-state index in [1.54, 1.807) is 0 Å². The molecule has 1 fully saturated rings. The Balaban J connectivity index is 1.43. The second-order valence-corrected chi connectivity index (χ2v) is 7.45. The SMILES string of the molecule is O=C1COCCC1NCc1ccc2[nH]c(-c3cc4ccccc4[nH]c3=O)cc2c1. The molecule has 146 valence electrons. The number of Topliss-reactive ketones (excluding diaryl/α,β-unsaturated/α-hetero) is 1. The van der Waals surface area contributed by atoms with Crippen LogP contribution in [0.5, 0.6) is 0 Å². The van der Waals surface area contributed by atoms with E-state index in [-0.39, 0.29) is 24.0 Å². The lowest BCUT2D eigenvalue weighted by atomic mass is 10.1. The number of H-pyrrole nitrogens is 2. The van der Waals surface area contributed by atoms with E-state index in [1.165, 1.54) is 0 Å². The summed E-state index contributed by atoms with van der Waals surface area (Å²) in [5.74, 6) is 0.108. The summed E-state index contributed by atoms with van der Waals surface area (Å²) in [7, 11) is 0. The van der Waals surface area contributed by atoms with E-state index in [9.17, 15) is 9.59 Å². The number of fused-ring (bicyclic) bond motifs is 2. The van der Waals surface area contributed by atoms with Crippen molar-refractivity contribution in [2.24, 2.45) is 0 Å². The number of hydrogen-bond acceptors (Lipinski definition) is 4. The van der Waals surface area contributed by atoms with Crippen molar-refractivity contribution in [3.63, 3.8) is 0 Å². The van der Waals surface area contributed by atoms with E-state index in [0.29, 0.717) is 25.1 Å². The Kier molecular flexibility index (Phi) is 4.50. The lowest BCUT2D eigenvalue weighted by Gasteiger charge is -2.22. The zero-order valence-corrected chi connectivity index (χ0v) is 15.8. The summed E-state index contributed by atoms with van der Waals surface area (Å²) < 4.78 is 5.18. The third kappa shape index (κ3) is 3.48. The first-order valence-electron chi connectivity index (χ1n) is 9.75. The first-order valence-corrected chi connectivity index (χ1v) is 9.75. The molecule has 3 N–H and O–H groups in total. The molecule has 6 heteroatoms. The van der Waals surface area contributed by atoms with Crippen LogP contribution in [-0.2, 0) is 16.1 Å². The van der Waals surface area contributed by atoms with Crippen LogP contribution in [0.25, 0.3) is 33.1 Å². The molecule has 1 atom stereocenters. The quantitative estimate of drug-likeness (QED) is 0.502. The molecule has 29 heavy (non-hydrogen) atoms. The summed E-state index contributed by atoms with van der Waals surface area (Å²) in [6.07, 6.45) is 0.708. The number of carbonyl (C=O) groups excluding carboxylic acids is 1. The van der Waals surface area contributed by atoms with Gasteiger partial charge in [-0.05, 0) is 47.7 Å². The van der Waals surface area contributed by atoms with Gasteiger partial charge in [0, 0.05) is 29.6 Å². The molecule has 4 aromatic rings. The molecule has 1 unspecified atom stereocenters. The van der Waals surface area contributed by atoms with E-state index in [1.807, 2.05) is 48.5 Å². The molecule has 0 saturated carbocycles. The summed E-state index contributed by atoms with van der Waals surface area (Å²) in [6, 6.07) is 17.6. The third-order valence-corrected chi connectivity index (χ3v) is 5.47. The highest BCUT2D eigenvalue weighted by molar-refractivity contribution is 5.89. The third-order valence-electron chi connectivity index (χ3n) is 5.47. The maximum atomic E-state index is 12.6. The minimum absolute atomic E-state index is 0.108. The van der Waals surface area contributed by atoms with Crippen molar-refractivity contribution in [2.75, 3.05) is 13.2 Å². The molecule has 2 aromatic carbocycles. The number of rotatable bonds is 4. The van der Waals surface area contributed by atoms with E-state index in [2.05, 4.69) is 21.4 Å². The summed E-state index contributed by atoms with van der Waals surface area (Å²) >= 11 is 0. The first-order chi connectivity index (χ1) is 14.2. The van der Waals surface area contributed by atoms with Crippen molar-refractivity contribution >= 4 is 27.6 Å². The second-order valence-electron chi connectivity index (χ2n) is 7.45. The number of benzene rings is 2. The maximum Gasteiger partial charge on any atom is 0.257 e. The number of nitrogens with one attached hydrogen (secondary N) is 3. The maximum absolute atomic E-state index is 12.6. The van der Waals surface area contributed by atoms with Crippen LogP contribution in [0.4, 0.5) is 0 Å². The molecule has 5 rings (SSSR count). The molecule has 1 aliphatic rings. The Bertz CT molecular complexity index is 1270. The number of pyridine rings is 1. The van der Waals surface area contributed by atoms with Crippen LogP contribution < -0.4 is 10.9 Å². The van der Waals surface area contributed by atoms with Gasteiger partial charge in [0.2, 0.25) is 0 Å². The molecule has 3 heterocycles. The van der Waals surface area contributed by atoms with E-state index in [4.69, 9.17) is 4.74 Å². The van der Waals surface area contributed by atoms with Gasteiger partial charge in [-0.1, -0.05) is 24.3 Å². The van der Waals surface area contributed by atoms with Crippen molar-refractivity contribution in [1.82, 2.24) is 15.3 Å². The number of ketones is 1. The number of ether oxygens (including phenoxy) is 1. The molecule has 0 bridgehead atoms. The van der Waals surface area contributed by atoms with E-state index in [0.717, 1.165) is 33.1 Å². The largest absolute Gasteiger partial charge is 0.374 e. The highest BCUT2D eigenvalue weighted by atomic mass is 16.5. The molecule has 6 nitrogen and oxygen atoms in total. The van der Waals surface area contributed by atoms with Crippen LogP contribution in [0, 0.1) is 0 Å². The Morgan fingerprint density at radius 3 is 2.72 bits per heavy atom. The van der Waals surface area contributed by atoms with Crippen LogP contribution in [0.15, 0.2) is 59.4 Å². The molecule has 0 amide bonds. The van der Waals surface area contributed by atoms with Gasteiger partial charge in [0.1, 0.15) is 6.61 Å². The number of hydrogen-bond donors (Lipinski definition) is 3. The van der Waals surface area contributed by atoms with Gasteiger partial charge in [0.05, 0.1) is 17.3 Å². The summed E-state index contributed by atoms with van der Waals surface area (Å²) in [4.78, 5) is 30.7. The van der Waals surface area contributed by atoms with Gasteiger partial charge in [-0.3, -0.25) is 9.59 Å². The van der Waals surface area contributed by atoms with E-state index < -0.39 is 0 Å². The topological polar surface area (TPSA) is 87.0 Å². The zero-order chi connectivity index (χ0) is 19.8. The average Bonchev–Trinajstić information content (AvgIpc) is 3.16. The van der Waals surface area contributed by atoms with Gasteiger partial charge in [0.25, 0.3) is 5.56 Å². The predicted molar refractivity (Wildman–Crippen MR) is 113 cm³/mol. The Labute approximate surface area is 166 Å². The highest BCUT2D eigenvalue weighted by Gasteiger charge is 2.22. The van der Waals surface area contributed by atoms with Crippen molar-refractivity contribution in [3.8, 4) is 11.3 Å². The second kappa shape index (κ2) is 7.31. The zero-order valence-electron chi connectivity index (χ0n) is 15.8. The summed E-state index contributed by atoms with van der Waals surface area (Å²) in [6.45, 7) is 1.42. The van der Waals surface area contributed by atoms with E-state index >= 15 is 0 Å². The minimum atomic E-state index is -0.141. The van der Waals surface area contributed by atoms with Gasteiger partial charge >= 0.3 is 0 Å². The van der Waals surface area contributed by atoms with Crippen LogP contribution in [-0.4, -0.2) is 35.0 Å². The van der Waals surface area contributed by atoms with Crippen LogP contribution in [0.3, 0.4) is 0 Å².